The van der Waals surface area contributed by atoms with Crippen LogP contribution in [0.15, 0.2) is 0 Å². The molecule has 88 valence electrons. The van der Waals surface area contributed by atoms with Gasteiger partial charge >= 0.3 is 0 Å². The van der Waals surface area contributed by atoms with Gasteiger partial charge in [0.25, 0.3) is 0 Å². The van der Waals surface area contributed by atoms with Crippen molar-refractivity contribution in [3.05, 3.63) is 0 Å². The Kier molecular flexibility index (Phi) is 5.69. The Bertz CT molecular complexity index is 190. The highest BCUT2D eigenvalue weighted by atomic mass is 16.5. The lowest BCUT2D eigenvalue weighted by atomic mass is 10.0. The van der Waals surface area contributed by atoms with Crippen molar-refractivity contribution in [2.75, 3.05) is 26.3 Å². The molecule has 3 heteroatoms. The van der Waals surface area contributed by atoms with Crippen LogP contribution in [0.4, 0.5) is 0 Å². The summed E-state index contributed by atoms with van der Waals surface area (Å²) in [5.74, 6) is 0.803. The molecular formula is C12H23NO2. The largest absolute Gasteiger partial charge is 0.381 e. The number of unbranched alkanes of at least 4 members (excludes halogenated alkanes) is 1. The van der Waals surface area contributed by atoms with Crippen LogP contribution in [0, 0.1) is 5.92 Å². The molecule has 0 spiro atoms. The summed E-state index contributed by atoms with van der Waals surface area (Å²) >= 11 is 0. The highest BCUT2D eigenvalue weighted by Crippen LogP contribution is 2.16. The van der Waals surface area contributed by atoms with Gasteiger partial charge in [-0.2, -0.15) is 0 Å². The highest BCUT2D eigenvalue weighted by molar-refractivity contribution is 5.76. The molecule has 0 radical (unpaired) electrons. The highest BCUT2D eigenvalue weighted by Gasteiger charge is 2.24. The van der Waals surface area contributed by atoms with Crippen molar-refractivity contribution in [2.45, 2.75) is 39.5 Å². The second-order valence-electron chi connectivity index (χ2n) is 4.34. The van der Waals surface area contributed by atoms with Gasteiger partial charge in [0.05, 0.1) is 13.2 Å². The van der Waals surface area contributed by atoms with Crippen molar-refractivity contribution in [1.82, 2.24) is 4.90 Å². The van der Waals surface area contributed by atoms with E-state index in [9.17, 15) is 4.79 Å². The van der Waals surface area contributed by atoms with Crippen LogP contribution < -0.4 is 0 Å². The summed E-state index contributed by atoms with van der Waals surface area (Å²) in [6, 6.07) is 0. The Labute approximate surface area is 92.8 Å². The number of carbonyl (C=O) groups excluding carboxylic acids is 1. The normalized spacial score (nSPS) is 16.1. The summed E-state index contributed by atoms with van der Waals surface area (Å²) in [5.41, 5.74) is 0. The summed E-state index contributed by atoms with van der Waals surface area (Å²) in [4.78, 5) is 13.9. The average molecular weight is 213 g/mol. The summed E-state index contributed by atoms with van der Waals surface area (Å²) in [7, 11) is 0. The van der Waals surface area contributed by atoms with Crippen molar-refractivity contribution >= 4 is 5.91 Å². The molecule has 0 unspecified atom stereocenters. The van der Waals surface area contributed by atoms with E-state index in [4.69, 9.17) is 4.74 Å². The molecule has 0 aliphatic carbocycles. The lowest BCUT2D eigenvalue weighted by Crippen LogP contribution is -2.38. The number of hydrogen-bond acceptors (Lipinski definition) is 2. The molecule has 1 aliphatic heterocycles. The van der Waals surface area contributed by atoms with Crippen LogP contribution in [-0.2, 0) is 9.53 Å². The molecule has 1 saturated heterocycles. The molecule has 1 rings (SSSR count). The van der Waals surface area contributed by atoms with Crippen LogP contribution in [0.5, 0.6) is 0 Å². The first-order valence-corrected chi connectivity index (χ1v) is 6.13. The predicted octanol–water partition coefficient (Wildman–Crippen LogP) is 2.06. The van der Waals surface area contributed by atoms with Gasteiger partial charge in [-0.25, -0.2) is 0 Å². The maximum atomic E-state index is 11.9. The van der Waals surface area contributed by atoms with Gasteiger partial charge in [0, 0.05) is 25.4 Å². The third-order valence-corrected chi connectivity index (χ3v) is 2.80. The van der Waals surface area contributed by atoms with E-state index in [1.54, 1.807) is 0 Å². The van der Waals surface area contributed by atoms with E-state index in [-0.39, 0.29) is 0 Å². The minimum atomic E-state index is 0.318. The fourth-order valence-corrected chi connectivity index (χ4v) is 1.76. The van der Waals surface area contributed by atoms with Crippen LogP contribution >= 0.6 is 0 Å². The van der Waals surface area contributed by atoms with Crippen LogP contribution in [0.1, 0.15) is 39.5 Å². The van der Waals surface area contributed by atoms with Gasteiger partial charge in [-0.1, -0.05) is 20.3 Å². The smallest absolute Gasteiger partial charge is 0.223 e. The topological polar surface area (TPSA) is 29.5 Å². The maximum absolute atomic E-state index is 11.9. The lowest BCUT2D eigenvalue weighted by Gasteiger charge is -2.29. The van der Waals surface area contributed by atoms with Gasteiger partial charge in [0.1, 0.15) is 0 Å². The molecule has 0 N–H and O–H groups in total. The Balaban J connectivity index is 2.28. The first-order valence-electron chi connectivity index (χ1n) is 6.13. The van der Waals surface area contributed by atoms with Crippen molar-refractivity contribution in [2.24, 2.45) is 5.92 Å². The molecule has 1 amide bonds. The summed E-state index contributed by atoms with van der Waals surface area (Å²) in [6.45, 7) is 7.68. The average Bonchev–Trinajstić information content (AvgIpc) is 2.18. The van der Waals surface area contributed by atoms with Gasteiger partial charge < -0.3 is 9.64 Å². The zero-order valence-electron chi connectivity index (χ0n) is 10.00. The van der Waals surface area contributed by atoms with Crippen molar-refractivity contribution < 1.29 is 9.53 Å². The second kappa shape index (κ2) is 6.83. The lowest BCUT2D eigenvalue weighted by molar-refractivity contribution is -0.136. The summed E-state index contributed by atoms with van der Waals surface area (Å²) in [6.07, 6.45) is 4.01. The number of amides is 1. The number of hydrogen-bond donors (Lipinski definition) is 0. The zero-order valence-corrected chi connectivity index (χ0v) is 10.00. The molecule has 1 fully saturated rings. The standard InChI is InChI=1S/C12H23NO2/c1-3-5-7-13(6-4-2)12(14)8-11-9-15-10-11/h11H,3-10H2,1-2H3. The van der Waals surface area contributed by atoms with E-state index in [1.807, 2.05) is 4.90 Å². The quantitative estimate of drug-likeness (QED) is 0.648. The Morgan fingerprint density at radius 3 is 2.47 bits per heavy atom. The third kappa shape index (κ3) is 4.20. The van der Waals surface area contributed by atoms with Gasteiger partial charge in [0.15, 0.2) is 0 Å². The third-order valence-electron chi connectivity index (χ3n) is 2.80. The molecule has 0 bridgehead atoms. The minimum Gasteiger partial charge on any atom is -0.381 e. The van der Waals surface area contributed by atoms with Crippen molar-refractivity contribution in [3.8, 4) is 0 Å². The number of ether oxygens (including phenoxy) is 1. The molecule has 0 aromatic heterocycles. The molecule has 15 heavy (non-hydrogen) atoms. The van der Waals surface area contributed by atoms with E-state index in [2.05, 4.69) is 13.8 Å². The van der Waals surface area contributed by atoms with E-state index < -0.39 is 0 Å². The maximum Gasteiger partial charge on any atom is 0.223 e. The molecule has 3 nitrogen and oxygen atoms in total. The predicted molar refractivity (Wildman–Crippen MR) is 60.7 cm³/mol. The van der Waals surface area contributed by atoms with E-state index in [0.717, 1.165) is 45.6 Å². The van der Waals surface area contributed by atoms with E-state index in [1.165, 1.54) is 0 Å². The first kappa shape index (κ1) is 12.5. The Morgan fingerprint density at radius 1 is 1.27 bits per heavy atom. The molecule has 0 saturated carbocycles. The van der Waals surface area contributed by atoms with Crippen molar-refractivity contribution in [1.29, 1.82) is 0 Å². The van der Waals surface area contributed by atoms with Gasteiger partial charge in [-0.3, -0.25) is 4.79 Å². The van der Waals surface area contributed by atoms with Crippen molar-refractivity contribution in [3.63, 3.8) is 0 Å². The zero-order chi connectivity index (χ0) is 11.1. The SMILES string of the molecule is CCCCN(CCC)C(=O)CC1COC1. The van der Waals surface area contributed by atoms with Gasteiger partial charge in [-0.15, -0.1) is 0 Å². The van der Waals surface area contributed by atoms with Crippen LogP contribution in [0.2, 0.25) is 0 Å². The monoisotopic (exact) mass is 213 g/mol. The molecule has 1 heterocycles. The van der Waals surface area contributed by atoms with E-state index in [0.29, 0.717) is 18.2 Å². The molecule has 0 aromatic rings. The van der Waals surface area contributed by atoms with Crippen LogP contribution in [0.3, 0.4) is 0 Å². The second-order valence-corrected chi connectivity index (χ2v) is 4.34. The first-order chi connectivity index (χ1) is 7.27. The van der Waals surface area contributed by atoms with Gasteiger partial charge in [0.2, 0.25) is 5.91 Å². The molecule has 1 aliphatic rings. The van der Waals surface area contributed by atoms with E-state index >= 15 is 0 Å². The summed E-state index contributed by atoms with van der Waals surface area (Å²) in [5, 5.41) is 0. The fourth-order valence-electron chi connectivity index (χ4n) is 1.76. The number of nitrogens with zero attached hydrogens (tertiary/aromatic N) is 1. The fraction of sp³-hybridized carbons (Fsp3) is 0.917. The van der Waals surface area contributed by atoms with Crippen LogP contribution in [-0.4, -0.2) is 37.1 Å². The minimum absolute atomic E-state index is 0.318. The number of carbonyl (C=O) groups is 1. The Hall–Kier alpha value is -0.570. The summed E-state index contributed by atoms with van der Waals surface area (Å²) < 4.78 is 5.09. The molecular weight excluding hydrogens is 190 g/mol. The Morgan fingerprint density at radius 2 is 2.00 bits per heavy atom. The van der Waals surface area contributed by atoms with Crippen LogP contribution in [0.25, 0.3) is 0 Å². The van der Waals surface area contributed by atoms with Gasteiger partial charge in [-0.05, 0) is 12.8 Å². The number of rotatable bonds is 7. The molecule has 0 aromatic carbocycles. The molecule has 0 atom stereocenters.